The number of carbonyl (C=O) groups is 2. The molecule has 0 saturated carbocycles. The number of para-hydroxylation sites is 1. The second-order valence-electron chi connectivity index (χ2n) is 8.17. The molecule has 3 rings (SSSR count). The molecule has 0 radical (unpaired) electrons. The smallest absolute Gasteiger partial charge is 0.323 e. The van der Waals surface area contributed by atoms with Crippen molar-refractivity contribution >= 4 is 29.2 Å². The van der Waals surface area contributed by atoms with Gasteiger partial charge < -0.3 is 30.5 Å². The number of amides is 2. The first-order valence-corrected chi connectivity index (χ1v) is 10.6. The average Bonchev–Trinajstić information content (AvgIpc) is 2.83. The molecule has 4 N–H and O–H groups in total. The number of ether oxygens (including phenoxy) is 2. The van der Waals surface area contributed by atoms with Crippen molar-refractivity contribution < 1.29 is 24.2 Å². The Morgan fingerprint density at radius 1 is 0.941 bits per heavy atom. The van der Waals surface area contributed by atoms with Crippen molar-refractivity contribution in [2.75, 3.05) is 36.7 Å². The standard InChI is InChI=1S/C25H28N4O5/c1-25(2,23(30)31)15-27-21-13-10-17(14-26-21)16-8-11-18(12-9-16)28-24(32)29-19-6-5-7-20(33-3)22(19)34-4/h5-14H,15H2,1-4H3,(H,26,27)(H,30,31)(H2,28,29,32). The van der Waals surface area contributed by atoms with Gasteiger partial charge in [0.25, 0.3) is 0 Å². The molecule has 9 nitrogen and oxygen atoms in total. The largest absolute Gasteiger partial charge is 0.493 e. The highest BCUT2D eigenvalue weighted by Crippen LogP contribution is 2.34. The number of carboxylic acid groups (broad SMARTS) is 1. The molecule has 0 aliphatic heterocycles. The molecular weight excluding hydrogens is 436 g/mol. The average molecular weight is 465 g/mol. The van der Waals surface area contributed by atoms with Gasteiger partial charge in [-0.15, -0.1) is 0 Å². The number of rotatable bonds is 9. The van der Waals surface area contributed by atoms with Crippen LogP contribution in [0.25, 0.3) is 11.1 Å². The maximum absolute atomic E-state index is 12.4. The number of methoxy groups -OCH3 is 2. The molecule has 0 unspecified atom stereocenters. The lowest BCUT2D eigenvalue weighted by atomic mass is 9.94. The predicted octanol–water partition coefficient (Wildman–Crippen LogP) is 4.93. The number of nitrogens with one attached hydrogen (secondary N) is 3. The van der Waals surface area contributed by atoms with Crippen LogP contribution in [0.2, 0.25) is 0 Å². The Morgan fingerprint density at radius 3 is 2.24 bits per heavy atom. The van der Waals surface area contributed by atoms with Gasteiger partial charge >= 0.3 is 12.0 Å². The number of anilines is 3. The van der Waals surface area contributed by atoms with E-state index in [1.165, 1.54) is 14.2 Å². The van der Waals surface area contributed by atoms with Crippen molar-refractivity contribution in [2.45, 2.75) is 13.8 Å². The summed E-state index contributed by atoms with van der Waals surface area (Å²) in [6.45, 7) is 3.57. The quantitative estimate of drug-likeness (QED) is 0.354. The van der Waals surface area contributed by atoms with E-state index in [2.05, 4.69) is 20.9 Å². The number of carboxylic acids is 1. The number of nitrogens with zero attached hydrogens (tertiary/aromatic N) is 1. The first kappa shape index (κ1) is 24.4. The minimum atomic E-state index is -0.896. The van der Waals surface area contributed by atoms with E-state index < -0.39 is 17.4 Å². The van der Waals surface area contributed by atoms with Gasteiger partial charge in [0.15, 0.2) is 11.5 Å². The van der Waals surface area contributed by atoms with Gasteiger partial charge in [0.2, 0.25) is 0 Å². The number of hydrogen-bond acceptors (Lipinski definition) is 6. The highest BCUT2D eigenvalue weighted by Gasteiger charge is 2.26. The molecule has 3 aromatic rings. The molecular formula is C25H28N4O5. The fraction of sp³-hybridized carbons (Fsp3) is 0.240. The summed E-state index contributed by atoms with van der Waals surface area (Å²) < 4.78 is 10.6. The van der Waals surface area contributed by atoms with Crippen molar-refractivity contribution in [1.29, 1.82) is 0 Å². The van der Waals surface area contributed by atoms with Crippen molar-refractivity contribution in [3.63, 3.8) is 0 Å². The summed E-state index contributed by atoms with van der Waals surface area (Å²) >= 11 is 0. The van der Waals surface area contributed by atoms with Crippen LogP contribution in [0, 0.1) is 5.41 Å². The monoisotopic (exact) mass is 464 g/mol. The summed E-state index contributed by atoms with van der Waals surface area (Å²) in [4.78, 5) is 28.0. The fourth-order valence-electron chi connectivity index (χ4n) is 3.07. The second kappa shape index (κ2) is 10.6. The van der Waals surface area contributed by atoms with Gasteiger partial charge in [0, 0.05) is 24.0 Å². The molecule has 34 heavy (non-hydrogen) atoms. The summed E-state index contributed by atoms with van der Waals surface area (Å²) in [6.07, 6.45) is 1.71. The number of pyridine rings is 1. The van der Waals surface area contributed by atoms with Crippen LogP contribution in [0.1, 0.15) is 13.8 Å². The number of urea groups is 1. The van der Waals surface area contributed by atoms with Gasteiger partial charge in [-0.1, -0.05) is 18.2 Å². The summed E-state index contributed by atoms with van der Waals surface area (Å²) in [6, 6.07) is 15.8. The van der Waals surface area contributed by atoms with Crippen LogP contribution in [-0.4, -0.2) is 42.9 Å². The van der Waals surface area contributed by atoms with Crippen LogP contribution in [0.15, 0.2) is 60.8 Å². The molecule has 0 bridgehead atoms. The van der Waals surface area contributed by atoms with Crippen LogP contribution in [0.4, 0.5) is 22.0 Å². The zero-order chi connectivity index (χ0) is 24.7. The number of aromatic nitrogens is 1. The summed E-state index contributed by atoms with van der Waals surface area (Å²) in [5.74, 6) is 0.681. The van der Waals surface area contributed by atoms with E-state index in [0.29, 0.717) is 28.7 Å². The molecule has 0 atom stereocenters. The molecule has 0 aliphatic carbocycles. The lowest BCUT2D eigenvalue weighted by Crippen LogP contribution is -2.31. The SMILES string of the molecule is COc1cccc(NC(=O)Nc2ccc(-c3ccc(NCC(C)(C)C(=O)O)nc3)cc2)c1OC. The van der Waals surface area contributed by atoms with Crippen molar-refractivity contribution in [3.8, 4) is 22.6 Å². The minimum absolute atomic E-state index is 0.263. The highest BCUT2D eigenvalue weighted by molar-refractivity contribution is 6.01. The van der Waals surface area contributed by atoms with E-state index in [0.717, 1.165) is 11.1 Å². The van der Waals surface area contributed by atoms with Crippen LogP contribution in [0.3, 0.4) is 0 Å². The number of hydrogen-bond donors (Lipinski definition) is 4. The predicted molar refractivity (Wildman–Crippen MR) is 132 cm³/mol. The van der Waals surface area contributed by atoms with E-state index in [-0.39, 0.29) is 6.54 Å². The molecule has 1 heterocycles. The fourth-order valence-corrected chi connectivity index (χ4v) is 3.07. The van der Waals surface area contributed by atoms with Crippen molar-refractivity contribution in [3.05, 3.63) is 60.8 Å². The second-order valence-corrected chi connectivity index (χ2v) is 8.17. The Morgan fingerprint density at radius 2 is 1.65 bits per heavy atom. The molecule has 0 aliphatic rings. The van der Waals surface area contributed by atoms with Gasteiger partial charge in [-0.3, -0.25) is 4.79 Å². The minimum Gasteiger partial charge on any atom is -0.493 e. The maximum Gasteiger partial charge on any atom is 0.323 e. The Bertz CT molecular complexity index is 1140. The molecule has 9 heteroatoms. The van der Waals surface area contributed by atoms with Crippen LogP contribution in [-0.2, 0) is 4.79 Å². The number of aliphatic carboxylic acids is 1. The molecule has 2 aromatic carbocycles. The molecule has 1 aromatic heterocycles. The molecule has 178 valence electrons. The van der Waals surface area contributed by atoms with Crippen molar-refractivity contribution in [2.24, 2.45) is 5.41 Å². The van der Waals surface area contributed by atoms with E-state index >= 15 is 0 Å². The van der Waals surface area contributed by atoms with Gasteiger partial charge in [0.1, 0.15) is 5.82 Å². The Hall–Kier alpha value is -4.27. The lowest BCUT2D eigenvalue weighted by molar-refractivity contribution is -0.146. The Balaban J connectivity index is 1.61. The summed E-state index contributed by atoms with van der Waals surface area (Å²) in [5.41, 5.74) is 2.02. The van der Waals surface area contributed by atoms with Gasteiger partial charge in [0.05, 0.1) is 25.3 Å². The maximum atomic E-state index is 12.4. The van der Waals surface area contributed by atoms with E-state index in [4.69, 9.17) is 9.47 Å². The number of benzene rings is 2. The normalized spacial score (nSPS) is 10.8. The first-order chi connectivity index (χ1) is 16.2. The summed E-state index contributed by atoms with van der Waals surface area (Å²) in [7, 11) is 3.04. The molecule has 0 fully saturated rings. The van der Waals surface area contributed by atoms with Gasteiger partial charge in [-0.2, -0.15) is 0 Å². The molecule has 2 amide bonds. The Labute approximate surface area is 198 Å². The summed E-state index contributed by atoms with van der Waals surface area (Å²) in [5, 5.41) is 17.8. The van der Waals surface area contributed by atoms with E-state index in [9.17, 15) is 14.7 Å². The Kier molecular flexibility index (Phi) is 7.57. The van der Waals surface area contributed by atoms with Gasteiger partial charge in [-0.05, 0) is 55.8 Å². The zero-order valence-electron chi connectivity index (χ0n) is 19.5. The van der Waals surface area contributed by atoms with Crippen LogP contribution < -0.4 is 25.4 Å². The third-order valence-corrected chi connectivity index (χ3v) is 5.18. The topological polar surface area (TPSA) is 122 Å². The zero-order valence-corrected chi connectivity index (χ0v) is 19.5. The van der Waals surface area contributed by atoms with Crippen molar-refractivity contribution in [1.82, 2.24) is 4.98 Å². The third-order valence-electron chi connectivity index (χ3n) is 5.18. The van der Waals surface area contributed by atoms with Crippen LogP contribution >= 0.6 is 0 Å². The third kappa shape index (κ3) is 5.94. The van der Waals surface area contributed by atoms with Gasteiger partial charge in [-0.25, -0.2) is 9.78 Å². The molecule has 0 saturated heterocycles. The molecule has 0 spiro atoms. The first-order valence-electron chi connectivity index (χ1n) is 10.6. The van der Waals surface area contributed by atoms with E-state index in [1.54, 1.807) is 56.4 Å². The highest BCUT2D eigenvalue weighted by atomic mass is 16.5. The lowest BCUT2D eigenvalue weighted by Gasteiger charge is -2.19. The van der Waals surface area contributed by atoms with E-state index in [1.807, 2.05) is 18.2 Å². The number of carbonyl (C=O) groups excluding carboxylic acids is 1. The van der Waals surface area contributed by atoms with Crippen LogP contribution in [0.5, 0.6) is 11.5 Å².